The van der Waals surface area contributed by atoms with E-state index in [4.69, 9.17) is 4.98 Å². The summed E-state index contributed by atoms with van der Waals surface area (Å²) in [5.41, 5.74) is 6.14. The molecule has 0 unspecified atom stereocenters. The molecule has 4 aromatic rings. The van der Waals surface area contributed by atoms with Gasteiger partial charge in [0.15, 0.2) is 5.65 Å². The van der Waals surface area contributed by atoms with Crippen molar-refractivity contribution in [3.8, 4) is 11.3 Å². The largest absolute Gasteiger partial charge is 0.355 e. The first-order valence-electron chi connectivity index (χ1n) is 11.0. The molecule has 0 atom stereocenters. The number of anilines is 2. The van der Waals surface area contributed by atoms with Crippen molar-refractivity contribution in [3.05, 3.63) is 66.6 Å². The molecule has 2 N–H and O–H groups in total. The molecular weight excluding hydrogens is 398 g/mol. The van der Waals surface area contributed by atoms with Crippen LogP contribution in [0.15, 0.2) is 61.1 Å². The highest BCUT2D eigenvalue weighted by molar-refractivity contribution is 5.93. The summed E-state index contributed by atoms with van der Waals surface area (Å²) in [6.07, 6.45) is 5.46. The fraction of sp³-hybridized carbons (Fsp3) is 0.320. The maximum absolute atomic E-state index is 5.02. The zero-order valence-corrected chi connectivity index (χ0v) is 19.2. The Labute approximate surface area is 189 Å². The lowest BCUT2D eigenvalue weighted by Gasteiger charge is -2.17. The van der Waals surface area contributed by atoms with Gasteiger partial charge in [0.05, 0.1) is 23.0 Å². The monoisotopic (exact) mass is 429 g/mol. The van der Waals surface area contributed by atoms with Gasteiger partial charge in [0, 0.05) is 49.3 Å². The van der Waals surface area contributed by atoms with Gasteiger partial charge in [0.2, 0.25) is 0 Å². The smallest absolute Gasteiger partial charge is 0.160 e. The Hall–Kier alpha value is -3.29. The molecule has 0 aliphatic carbocycles. The SMILES string of the molecule is CNCCN(C)Cc1cccc(-c2cc(Nc3ccncc3)c3cnn(C(C)C)c3n2)c1. The van der Waals surface area contributed by atoms with Gasteiger partial charge in [0.25, 0.3) is 0 Å². The van der Waals surface area contributed by atoms with Crippen LogP contribution in [0.5, 0.6) is 0 Å². The van der Waals surface area contributed by atoms with Crippen LogP contribution in [0.4, 0.5) is 11.4 Å². The molecule has 0 spiro atoms. The number of hydrogen-bond acceptors (Lipinski definition) is 6. The zero-order chi connectivity index (χ0) is 22.5. The quantitative estimate of drug-likeness (QED) is 0.409. The van der Waals surface area contributed by atoms with Crippen LogP contribution in [0, 0.1) is 0 Å². The molecule has 0 aliphatic heterocycles. The van der Waals surface area contributed by atoms with Crippen LogP contribution in [0.1, 0.15) is 25.5 Å². The molecule has 0 aliphatic rings. The standard InChI is InChI=1S/C25H31N7/c1-18(2)32-25-22(16-28-32)24(29-21-8-10-27-11-9-21)15-23(30-25)20-7-5-6-19(14-20)17-31(4)13-12-26-3/h5-11,14-16,18,26H,12-13,17H2,1-4H3,(H,27,29,30). The van der Waals surface area contributed by atoms with Gasteiger partial charge in [-0.1, -0.05) is 18.2 Å². The predicted molar refractivity (Wildman–Crippen MR) is 131 cm³/mol. The normalized spacial score (nSPS) is 11.6. The van der Waals surface area contributed by atoms with Crippen molar-refractivity contribution < 1.29 is 0 Å². The van der Waals surface area contributed by atoms with Crippen LogP contribution < -0.4 is 10.6 Å². The van der Waals surface area contributed by atoms with Gasteiger partial charge in [0.1, 0.15) is 0 Å². The Kier molecular flexibility index (Phi) is 6.78. The highest BCUT2D eigenvalue weighted by Gasteiger charge is 2.15. The lowest BCUT2D eigenvalue weighted by Crippen LogP contribution is -2.26. The van der Waals surface area contributed by atoms with E-state index in [9.17, 15) is 0 Å². The Morgan fingerprint density at radius 2 is 1.91 bits per heavy atom. The maximum atomic E-state index is 5.02. The topological polar surface area (TPSA) is 70.9 Å². The first-order valence-corrected chi connectivity index (χ1v) is 11.0. The van der Waals surface area contributed by atoms with E-state index in [0.717, 1.165) is 53.3 Å². The number of aromatic nitrogens is 4. The zero-order valence-electron chi connectivity index (χ0n) is 19.2. The van der Waals surface area contributed by atoms with E-state index in [0.29, 0.717) is 0 Å². The molecule has 0 bridgehead atoms. The summed E-state index contributed by atoms with van der Waals surface area (Å²) in [6, 6.07) is 14.9. The van der Waals surface area contributed by atoms with Crippen LogP contribution >= 0.6 is 0 Å². The number of fused-ring (bicyclic) bond motifs is 1. The summed E-state index contributed by atoms with van der Waals surface area (Å²) in [7, 11) is 4.13. The van der Waals surface area contributed by atoms with E-state index in [2.05, 4.69) is 76.8 Å². The van der Waals surface area contributed by atoms with Gasteiger partial charge < -0.3 is 15.5 Å². The molecule has 0 fully saturated rings. The van der Waals surface area contributed by atoms with E-state index < -0.39 is 0 Å². The Balaban J connectivity index is 1.74. The molecule has 0 radical (unpaired) electrons. The minimum Gasteiger partial charge on any atom is -0.355 e. The van der Waals surface area contributed by atoms with E-state index in [1.807, 2.05) is 30.1 Å². The van der Waals surface area contributed by atoms with E-state index in [-0.39, 0.29) is 6.04 Å². The third-order valence-corrected chi connectivity index (χ3v) is 5.43. The number of hydrogen-bond donors (Lipinski definition) is 2. The highest BCUT2D eigenvalue weighted by atomic mass is 15.3. The third kappa shape index (κ3) is 4.95. The van der Waals surface area contributed by atoms with Gasteiger partial charge in [-0.25, -0.2) is 9.67 Å². The second-order valence-corrected chi connectivity index (χ2v) is 8.38. The molecule has 3 heterocycles. The van der Waals surface area contributed by atoms with Crippen molar-refractivity contribution in [2.75, 3.05) is 32.5 Å². The number of nitrogens with one attached hydrogen (secondary N) is 2. The lowest BCUT2D eigenvalue weighted by molar-refractivity contribution is 0.328. The third-order valence-electron chi connectivity index (χ3n) is 5.43. The van der Waals surface area contributed by atoms with Crippen LogP contribution in [-0.4, -0.2) is 51.8 Å². The number of nitrogens with zero attached hydrogens (tertiary/aromatic N) is 5. The fourth-order valence-corrected chi connectivity index (χ4v) is 3.76. The molecule has 7 nitrogen and oxygen atoms in total. The van der Waals surface area contributed by atoms with Crippen molar-refractivity contribution in [1.29, 1.82) is 0 Å². The van der Waals surface area contributed by atoms with Gasteiger partial charge in [-0.15, -0.1) is 0 Å². The molecule has 3 aromatic heterocycles. The van der Waals surface area contributed by atoms with Gasteiger partial charge in [-0.3, -0.25) is 4.98 Å². The predicted octanol–water partition coefficient (Wildman–Crippen LogP) is 4.47. The summed E-state index contributed by atoms with van der Waals surface area (Å²) >= 11 is 0. The molecule has 7 heteroatoms. The molecule has 1 aromatic carbocycles. The molecule has 0 saturated heterocycles. The van der Waals surface area contributed by atoms with Crippen molar-refractivity contribution in [3.63, 3.8) is 0 Å². The van der Waals surface area contributed by atoms with Crippen molar-refractivity contribution in [1.82, 2.24) is 30.0 Å². The maximum Gasteiger partial charge on any atom is 0.160 e. The van der Waals surface area contributed by atoms with Crippen molar-refractivity contribution >= 4 is 22.4 Å². The summed E-state index contributed by atoms with van der Waals surface area (Å²) in [6.45, 7) is 7.11. The van der Waals surface area contributed by atoms with Gasteiger partial charge >= 0.3 is 0 Å². The number of likely N-dealkylation sites (N-methyl/N-ethyl adjacent to an activating group) is 2. The lowest BCUT2D eigenvalue weighted by atomic mass is 10.1. The first-order chi connectivity index (χ1) is 15.5. The molecule has 166 valence electrons. The average Bonchev–Trinajstić information content (AvgIpc) is 3.23. The minimum absolute atomic E-state index is 0.219. The fourth-order valence-electron chi connectivity index (χ4n) is 3.76. The number of rotatable bonds is 9. The second-order valence-electron chi connectivity index (χ2n) is 8.38. The van der Waals surface area contributed by atoms with Crippen LogP contribution in [0.2, 0.25) is 0 Å². The first kappa shape index (κ1) is 21.9. The second kappa shape index (κ2) is 9.89. The summed E-state index contributed by atoms with van der Waals surface area (Å²) < 4.78 is 1.98. The number of pyridine rings is 2. The molecule has 4 rings (SSSR count). The molecule has 32 heavy (non-hydrogen) atoms. The Bertz CT molecular complexity index is 1170. The molecular formula is C25H31N7. The minimum atomic E-state index is 0.219. The Morgan fingerprint density at radius 3 is 2.66 bits per heavy atom. The summed E-state index contributed by atoms with van der Waals surface area (Å²) in [5.74, 6) is 0. The molecule has 0 saturated carbocycles. The van der Waals surface area contributed by atoms with Crippen LogP contribution in [0.25, 0.3) is 22.3 Å². The van der Waals surface area contributed by atoms with Gasteiger partial charge in [-0.05, 0) is 57.8 Å². The van der Waals surface area contributed by atoms with E-state index >= 15 is 0 Å². The van der Waals surface area contributed by atoms with Crippen molar-refractivity contribution in [2.24, 2.45) is 0 Å². The van der Waals surface area contributed by atoms with Crippen LogP contribution in [-0.2, 0) is 6.54 Å². The number of benzene rings is 1. The summed E-state index contributed by atoms with van der Waals surface area (Å²) in [4.78, 5) is 11.5. The molecule has 0 amide bonds. The highest BCUT2D eigenvalue weighted by Crippen LogP contribution is 2.31. The van der Waals surface area contributed by atoms with E-state index in [1.54, 1.807) is 12.4 Å². The summed E-state index contributed by atoms with van der Waals surface area (Å²) in [5, 5.41) is 12.3. The van der Waals surface area contributed by atoms with Crippen LogP contribution in [0.3, 0.4) is 0 Å². The van der Waals surface area contributed by atoms with Gasteiger partial charge in [-0.2, -0.15) is 5.10 Å². The average molecular weight is 430 g/mol. The van der Waals surface area contributed by atoms with Crippen molar-refractivity contribution in [2.45, 2.75) is 26.4 Å². The van der Waals surface area contributed by atoms with E-state index in [1.165, 1.54) is 5.56 Å². The Morgan fingerprint density at radius 1 is 1.09 bits per heavy atom.